The lowest BCUT2D eigenvalue weighted by Gasteiger charge is -2.30. The number of fused-ring (bicyclic) bond motifs is 1. The number of hydrogen-bond donors (Lipinski definition) is 3. The summed E-state index contributed by atoms with van der Waals surface area (Å²) in [6.45, 7) is 5.62. The SMILES string of the molecule is CN(CC#N)c1cc2c(cc1C(=O)NC1CCC(C(F)(F)F)CC1)nc(Nc1c(Cl)ccc(CNC(=O)C(C)(C)C)c1Cl)n2C. The first-order valence-electron chi connectivity index (χ1n) is 14.5. The van der Waals surface area contributed by atoms with E-state index in [1.807, 2.05) is 20.8 Å². The normalized spacial score (nSPS) is 17.1. The highest BCUT2D eigenvalue weighted by Crippen LogP contribution is 2.39. The van der Waals surface area contributed by atoms with Crippen molar-refractivity contribution in [1.29, 1.82) is 5.26 Å². The molecule has 0 aliphatic heterocycles. The van der Waals surface area contributed by atoms with Crippen molar-refractivity contribution in [1.82, 2.24) is 20.2 Å². The molecule has 0 unspecified atom stereocenters. The summed E-state index contributed by atoms with van der Waals surface area (Å²) in [4.78, 5) is 32.2. The Kier molecular flexibility index (Phi) is 10.1. The van der Waals surface area contributed by atoms with Crippen molar-refractivity contribution < 1.29 is 22.8 Å². The summed E-state index contributed by atoms with van der Waals surface area (Å²) >= 11 is 13.2. The number of hydrogen-bond acceptors (Lipinski definition) is 6. The number of benzene rings is 2. The summed E-state index contributed by atoms with van der Waals surface area (Å²) in [5, 5.41) is 18.9. The number of nitrogens with zero attached hydrogens (tertiary/aromatic N) is 4. The van der Waals surface area contributed by atoms with E-state index in [4.69, 9.17) is 23.2 Å². The number of halogens is 5. The van der Waals surface area contributed by atoms with Crippen molar-refractivity contribution >= 4 is 63.4 Å². The third-order valence-corrected chi connectivity index (χ3v) is 8.76. The molecule has 3 aromatic rings. The molecule has 1 aliphatic carbocycles. The molecule has 4 rings (SSSR count). The number of carbonyl (C=O) groups excluding carboxylic acids is 2. The fourth-order valence-corrected chi connectivity index (χ4v) is 5.79. The van der Waals surface area contributed by atoms with Crippen molar-refractivity contribution in [3.8, 4) is 6.07 Å². The lowest BCUT2D eigenvalue weighted by molar-refractivity contribution is -0.182. The maximum Gasteiger partial charge on any atom is 0.391 e. The van der Waals surface area contributed by atoms with E-state index in [0.29, 0.717) is 44.0 Å². The molecule has 2 amide bonds. The predicted octanol–water partition coefficient (Wildman–Crippen LogP) is 7.10. The Bertz CT molecular complexity index is 1640. The van der Waals surface area contributed by atoms with Crippen molar-refractivity contribution in [2.45, 2.75) is 65.2 Å². The fraction of sp³-hybridized carbons (Fsp3) is 0.484. The van der Waals surface area contributed by atoms with Crippen LogP contribution in [0.5, 0.6) is 0 Å². The minimum absolute atomic E-state index is 0.00477. The molecule has 2 aromatic carbocycles. The van der Waals surface area contributed by atoms with Crippen LogP contribution in [0, 0.1) is 22.7 Å². The molecule has 1 aromatic heterocycles. The largest absolute Gasteiger partial charge is 0.391 e. The lowest BCUT2D eigenvalue weighted by atomic mass is 9.85. The molecule has 14 heteroatoms. The van der Waals surface area contributed by atoms with Crippen molar-refractivity contribution in [2.24, 2.45) is 18.4 Å². The zero-order valence-corrected chi connectivity index (χ0v) is 27.2. The number of anilines is 3. The standard InChI is InChI=1S/C31H36Cl2F3N7O2/c1-30(2,3)28(45)38-16-17-6-11-21(32)26(25(17)33)41-29-40-22-14-20(23(42(4)13-12-37)15-24(22)43(29)5)27(44)39-19-9-7-18(8-10-19)31(34,35)36/h6,11,14-15,18-19H,7-10,13,16H2,1-5H3,(H,38,45)(H,39,44)(H,40,41). The van der Waals surface area contributed by atoms with Crippen molar-refractivity contribution in [2.75, 3.05) is 23.8 Å². The molecule has 0 bridgehead atoms. The van der Waals surface area contributed by atoms with Crippen LogP contribution in [0.2, 0.25) is 10.0 Å². The van der Waals surface area contributed by atoms with E-state index in [-0.39, 0.29) is 50.2 Å². The maximum absolute atomic E-state index is 13.5. The monoisotopic (exact) mass is 665 g/mol. The van der Waals surface area contributed by atoms with Crippen LogP contribution in [0.3, 0.4) is 0 Å². The molecule has 0 atom stereocenters. The third-order valence-electron chi connectivity index (χ3n) is 8.02. The van der Waals surface area contributed by atoms with Gasteiger partial charge in [-0.2, -0.15) is 18.4 Å². The Morgan fingerprint density at radius 3 is 2.40 bits per heavy atom. The highest BCUT2D eigenvalue weighted by molar-refractivity contribution is 6.39. The summed E-state index contributed by atoms with van der Waals surface area (Å²) in [6, 6.07) is 8.41. The first-order valence-corrected chi connectivity index (χ1v) is 15.2. The van der Waals surface area contributed by atoms with Crippen molar-refractivity contribution in [3.63, 3.8) is 0 Å². The average Bonchev–Trinajstić information content (AvgIpc) is 3.27. The second kappa shape index (κ2) is 13.3. The van der Waals surface area contributed by atoms with Crippen molar-refractivity contribution in [3.05, 3.63) is 45.4 Å². The Labute approximate surface area is 270 Å². The minimum Gasteiger partial charge on any atom is -0.361 e. The van der Waals surface area contributed by atoms with Crippen LogP contribution in [0.25, 0.3) is 11.0 Å². The van der Waals surface area contributed by atoms with Crippen LogP contribution in [0.4, 0.5) is 30.5 Å². The number of carbonyl (C=O) groups is 2. The van der Waals surface area contributed by atoms with Crippen LogP contribution in [0.1, 0.15) is 62.4 Å². The second-order valence-electron chi connectivity index (χ2n) is 12.4. The minimum atomic E-state index is -4.24. The number of rotatable bonds is 8. The van der Waals surface area contributed by atoms with Gasteiger partial charge in [-0.3, -0.25) is 9.59 Å². The summed E-state index contributed by atoms with van der Waals surface area (Å²) in [5.41, 5.74) is 2.26. The number of aryl methyl sites for hydroxylation is 1. The highest BCUT2D eigenvalue weighted by atomic mass is 35.5. The number of nitrogens with one attached hydrogen (secondary N) is 3. The smallest absolute Gasteiger partial charge is 0.361 e. The third kappa shape index (κ3) is 7.76. The van der Waals surface area contributed by atoms with Gasteiger partial charge in [0.15, 0.2) is 0 Å². The van der Waals surface area contributed by atoms with E-state index >= 15 is 0 Å². The summed E-state index contributed by atoms with van der Waals surface area (Å²) in [6.07, 6.45) is -3.88. The molecule has 242 valence electrons. The van der Waals surface area contributed by atoms with Gasteiger partial charge in [-0.25, -0.2) is 4.98 Å². The van der Waals surface area contributed by atoms with Crippen LogP contribution in [-0.2, 0) is 18.4 Å². The van der Waals surface area contributed by atoms with Crippen LogP contribution < -0.4 is 20.9 Å². The van der Waals surface area contributed by atoms with E-state index in [0.717, 1.165) is 0 Å². The fourth-order valence-electron chi connectivity index (χ4n) is 5.26. The maximum atomic E-state index is 13.5. The van der Waals surface area contributed by atoms with Gasteiger partial charge in [0, 0.05) is 32.1 Å². The first-order chi connectivity index (χ1) is 21.0. The summed E-state index contributed by atoms with van der Waals surface area (Å²) in [5.74, 6) is -1.59. The number of imidazole rings is 1. The number of alkyl halides is 3. The van der Waals surface area contributed by atoms with E-state index in [1.54, 1.807) is 47.8 Å². The van der Waals surface area contributed by atoms with Crippen LogP contribution in [0.15, 0.2) is 24.3 Å². The molecule has 45 heavy (non-hydrogen) atoms. The number of aromatic nitrogens is 2. The molecular weight excluding hydrogens is 630 g/mol. The van der Waals surface area contributed by atoms with Crippen LogP contribution in [-0.4, -0.2) is 47.2 Å². The molecule has 3 N–H and O–H groups in total. The molecular formula is C31H36Cl2F3N7O2. The van der Waals surface area contributed by atoms with E-state index in [9.17, 15) is 28.0 Å². The zero-order chi connectivity index (χ0) is 33.3. The van der Waals surface area contributed by atoms with Gasteiger partial charge >= 0.3 is 6.18 Å². The van der Waals surface area contributed by atoms with Gasteiger partial charge < -0.3 is 25.4 Å². The second-order valence-corrected chi connectivity index (χ2v) is 13.2. The molecule has 0 radical (unpaired) electrons. The topological polar surface area (TPSA) is 115 Å². The molecule has 1 heterocycles. The Morgan fingerprint density at radius 2 is 1.80 bits per heavy atom. The average molecular weight is 667 g/mol. The summed E-state index contributed by atoms with van der Waals surface area (Å²) < 4.78 is 41.2. The predicted molar refractivity (Wildman–Crippen MR) is 170 cm³/mol. The Balaban J connectivity index is 1.63. The molecule has 9 nitrogen and oxygen atoms in total. The van der Waals surface area contributed by atoms with Gasteiger partial charge in [-0.1, -0.05) is 50.0 Å². The zero-order valence-electron chi connectivity index (χ0n) is 25.7. The van der Waals surface area contributed by atoms with Crippen LogP contribution >= 0.6 is 23.2 Å². The van der Waals surface area contributed by atoms with Gasteiger partial charge in [0.25, 0.3) is 5.91 Å². The Hall–Kier alpha value is -3.69. The quantitative estimate of drug-likeness (QED) is 0.221. The number of nitriles is 1. The van der Waals surface area contributed by atoms with Gasteiger partial charge in [-0.05, 0) is 49.4 Å². The summed E-state index contributed by atoms with van der Waals surface area (Å²) in [7, 11) is 3.44. The van der Waals surface area contributed by atoms with E-state index in [1.165, 1.54) is 0 Å². The van der Waals surface area contributed by atoms with E-state index in [2.05, 4.69) is 27.0 Å². The molecule has 1 aliphatic rings. The van der Waals surface area contributed by atoms with Gasteiger partial charge in [0.2, 0.25) is 11.9 Å². The molecule has 1 saturated carbocycles. The highest BCUT2D eigenvalue weighted by Gasteiger charge is 2.41. The molecule has 0 saturated heterocycles. The molecule has 0 spiro atoms. The number of amides is 2. The van der Waals surface area contributed by atoms with E-state index < -0.39 is 29.5 Å². The van der Waals surface area contributed by atoms with Gasteiger partial charge in [-0.15, -0.1) is 0 Å². The first kappa shape index (κ1) is 34.2. The lowest BCUT2D eigenvalue weighted by Crippen LogP contribution is -2.40. The Morgan fingerprint density at radius 1 is 1.13 bits per heavy atom. The van der Waals surface area contributed by atoms with Gasteiger partial charge in [0.1, 0.15) is 6.54 Å². The van der Waals surface area contributed by atoms with Gasteiger partial charge in [0.05, 0.1) is 50.0 Å². The molecule has 1 fully saturated rings.